The molecular weight excluding hydrogens is 238 g/mol. The van der Waals surface area contributed by atoms with Crippen LogP contribution >= 0.6 is 0 Å². The minimum atomic E-state index is 0.455. The Kier molecular flexibility index (Phi) is 2.93. The van der Waals surface area contributed by atoms with Crippen molar-refractivity contribution in [2.24, 2.45) is 5.73 Å². The van der Waals surface area contributed by atoms with Gasteiger partial charge in [-0.15, -0.1) is 0 Å². The van der Waals surface area contributed by atoms with Gasteiger partial charge in [-0.2, -0.15) is 0 Å². The SMILES string of the molecule is COc1cccc(-c2cc3cc(CN)ncn3c2)c1. The molecule has 0 aliphatic rings. The van der Waals surface area contributed by atoms with Crippen LogP contribution < -0.4 is 10.5 Å². The van der Waals surface area contributed by atoms with Gasteiger partial charge in [0, 0.05) is 23.8 Å². The fourth-order valence-electron chi connectivity index (χ4n) is 2.13. The Balaban J connectivity index is 2.09. The Morgan fingerprint density at radius 3 is 2.89 bits per heavy atom. The largest absolute Gasteiger partial charge is 0.497 e. The molecule has 0 spiro atoms. The Hall–Kier alpha value is -2.33. The first-order chi connectivity index (χ1) is 9.30. The molecule has 0 aliphatic heterocycles. The van der Waals surface area contributed by atoms with E-state index in [9.17, 15) is 0 Å². The number of nitrogens with two attached hydrogens (primary N) is 1. The summed E-state index contributed by atoms with van der Waals surface area (Å²) in [6.45, 7) is 0.455. The lowest BCUT2D eigenvalue weighted by Gasteiger charge is -2.01. The molecule has 0 atom stereocenters. The van der Waals surface area contributed by atoms with Crippen molar-refractivity contribution in [2.75, 3.05) is 7.11 Å². The van der Waals surface area contributed by atoms with Gasteiger partial charge in [0.1, 0.15) is 5.75 Å². The molecule has 0 saturated carbocycles. The Bertz CT molecular complexity index is 718. The van der Waals surface area contributed by atoms with Crippen molar-refractivity contribution in [3.05, 3.63) is 54.6 Å². The maximum atomic E-state index is 5.61. The first-order valence-corrected chi connectivity index (χ1v) is 6.11. The van der Waals surface area contributed by atoms with Crippen molar-refractivity contribution in [3.8, 4) is 16.9 Å². The van der Waals surface area contributed by atoms with Crippen molar-refractivity contribution >= 4 is 5.52 Å². The number of rotatable bonds is 3. The average molecular weight is 253 g/mol. The van der Waals surface area contributed by atoms with Gasteiger partial charge >= 0.3 is 0 Å². The lowest BCUT2D eigenvalue weighted by molar-refractivity contribution is 0.415. The van der Waals surface area contributed by atoms with Crippen LogP contribution in [0.5, 0.6) is 5.75 Å². The topological polar surface area (TPSA) is 52.5 Å². The highest BCUT2D eigenvalue weighted by atomic mass is 16.5. The monoisotopic (exact) mass is 253 g/mol. The third-order valence-electron chi connectivity index (χ3n) is 3.15. The van der Waals surface area contributed by atoms with E-state index < -0.39 is 0 Å². The van der Waals surface area contributed by atoms with Crippen molar-refractivity contribution in [3.63, 3.8) is 0 Å². The van der Waals surface area contributed by atoms with Crippen LogP contribution in [0.1, 0.15) is 5.69 Å². The maximum Gasteiger partial charge on any atom is 0.119 e. The minimum Gasteiger partial charge on any atom is -0.497 e. The zero-order valence-electron chi connectivity index (χ0n) is 10.7. The number of hydrogen-bond donors (Lipinski definition) is 1. The lowest BCUT2D eigenvalue weighted by Crippen LogP contribution is -2.00. The number of benzene rings is 1. The summed E-state index contributed by atoms with van der Waals surface area (Å²) in [6.07, 6.45) is 3.85. The van der Waals surface area contributed by atoms with E-state index >= 15 is 0 Å². The Morgan fingerprint density at radius 1 is 1.21 bits per heavy atom. The quantitative estimate of drug-likeness (QED) is 0.780. The van der Waals surface area contributed by atoms with Gasteiger partial charge in [0.25, 0.3) is 0 Å². The van der Waals surface area contributed by atoms with Crippen molar-refractivity contribution in [1.29, 1.82) is 0 Å². The fraction of sp³-hybridized carbons (Fsp3) is 0.133. The van der Waals surface area contributed by atoms with E-state index in [0.717, 1.165) is 28.1 Å². The molecule has 0 aliphatic carbocycles. The molecule has 1 aromatic carbocycles. The third kappa shape index (κ3) is 2.18. The second-order valence-corrected chi connectivity index (χ2v) is 4.38. The Labute approximate surface area is 111 Å². The second-order valence-electron chi connectivity index (χ2n) is 4.38. The van der Waals surface area contributed by atoms with Gasteiger partial charge < -0.3 is 14.9 Å². The van der Waals surface area contributed by atoms with Gasteiger partial charge in [-0.1, -0.05) is 12.1 Å². The number of ether oxygens (including phenoxy) is 1. The van der Waals surface area contributed by atoms with Gasteiger partial charge in [-0.3, -0.25) is 0 Å². The van der Waals surface area contributed by atoms with Crippen molar-refractivity contribution in [1.82, 2.24) is 9.38 Å². The summed E-state index contributed by atoms with van der Waals surface area (Å²) in [5.74, 6) is 0.855. The number of aromatic nitrogens is 2. The summed E-state index contributed by atoms with van der Waals surface area (Å²) in [7, 11) is 1.67. The molecule has 96 valence electrons. The maximum absolute atomic E-state index is 5.61. The first kappa shape index (κ1) is 11.7. The molecule has 3 rings (SSSR count). The average Bonchev–Trinajstić information content (AvgIpc) is 2.90. The molecule has 19 heavy (non-hydrogen) atoms. The highest BCUT2D eigenvalue weighted by molar-refractivity contribution is 5.71. The van der Waals surface area contributed by atoms with E-state index in [1.165, 1.54) is 0 Å². The summed E-state index contributed by atoms with van der Waals surface area (Å²) >= 11 is 0. The van der Waals surface area contributed by atoms with Crippen molar-refractivity contribution in [2.45, 2.75) is 6.54 Å². The number of nitrogens with zero attached hydrogens (tertiary/aromatic N) is 2. The third-order valence-corrected chi connectivity index (χ3v) is 3.15. The molecule has 2 aromatic heterocycles. The molecule has 0 radical (unpaired) electrons. The van der Waals surface area contributed by atoms with Crippen LogP contribution in [-0.2, 0) is 6.54 Å². The highest BCUT2D eigenvalue weighted by Crippen LogP contribution is 2.26. The molecule has 2 N–H and O–H groups in total. The summed E-state index contributed by atoms with van der Waals surface area (Å²) in [6, 6.07) is 12.1. The molecule has 4 nitrogen and oxygen atoms in total. The standard InChI is InChI=1S/C15H15N3O/c1-19-15-4-2-3-11(6-15)12-5-14-7-13(8-16)17-10-18(14)9-12/h2-7,9-10H,8,16H2,1H3. The molecule has 0 amide bonds. The van der Waals surface area contributed by atoms with E-state index in [1.54, 1.807) is 13.4 Å². The molecule has 0 bridgehead atoms. The molecule has 4 heteroatoms. The molecule has 0 saturated heterocycles. The van der Waals surface area contributed by atoms with Crippen LogP contribution in [0.2, 0.25) is 0 Å². The fourth-order valence-corrected chi connectivity index (χ4v) is 2.13. The van der Waals surface area contributed by atoms with E-state index in [1.807, 2.05) is 28.7 Å². The van der Waals surface area contributed by atoms with Gasteiger partial charge in [0.2, 0.25) is 0 Å². The van der Waals surface area contributed by atoms with Crippen LogP contribution in [0.4, 0.5) is 0 Å². The number of fused-ring (bicyclic) bond motifs is 1. The Morgan fingerprint density at radius 2 is 2.11 bits per heavy atom. The normalized spacial score (nSPS) is 10.8. The van der Waals surface area contributed by atoms with Crippen molar-refractivity contribution < 1.29 is 4.74 Å². The highest BCUT2D eigenvalue weighted by Gasteiger charge is 2.04. The molecule has 3 aromatic rings. The summed E-state index contributed by atoms with van der Waals surface area (Å²) in [5.41, 5.74) is 9.85. The van der Waals surface area contributed by atoms with Gasteiger partial charge in [-0.25, -0.2) is 4.98 Å². The van der Waals surface area contributed by atoms with Gasteiger partial charge in [0.05, 0.1) is 19.1 Å². The number of hydrogen-bond acceptors (Lipinski definition) is 3. The second kappa shape index (κ2) is 4.74. The summed E-state index contributed by atoms with van der Waals surface area (Å²) in [4.78, 5) is 4.28. The van der Waals surface area contributed by atoms with Crippen LogP contribution in [0, 0.1) is 0 Å². The lowest BCUT2D eigenvalue weighted by atomic mass is 10.1. The molecular formula is C15H15N3O. The van der Waals surface area contributed by atoms with E-state index in [0.29, 0.717) is 6.54 Å². The first-order valence-electron chi connectivity index (χ1n) is 6.11. The zero-order valence-corrected chi connectivity index (χ0v) is 10.7. The predicted octanol–water partition coefficient (Wildman–Crippen LogP) is 2.47. The predicted molar refractivity (Wildman–Crippen MR) is 75.1 cm³/mol. The van der Waals surface area contributed by atoms with E-state index in [-0.39, 0.29) is 0 Å². The zero-order chi connectivity index (χ0) is 13.2. The van der Waals surface area contributed by atoms with Gasteiger partial charge in [-0.05, 0) is 29.8 Å². The van der Waals surface area contributed by atoms with Crippen LogP contribution in [0.15, 0.2) is 48.9 Å². The molecule has 2 heterocycles. The molecule has 0 unspecified atom stereocenters. The van der Waals surface area contributed by atoms with E-state index in [4.69, 9.17) is 10.5 Å². The van der Waals surface area contributed by atoms with Gasteiger partial charge in [0.15, 0.2) is 0 Å². The molecule has 0 fully saturated rings. The van der Waals surface area contributed by atoms with Crippen LogP contribution in [0.3, 0.4) is 0 Å². The minimum absolute atomic E-state index is 0.455. The summed E-state index contributed by atoms with van der Waals surface area (Å²) in [5, 5.41) is 0. The van der Waals surface area contributed by atoms with Crippen LogP contribution in [-0.4, -0.2) is 16.5 Å². The van der Waals surface area contributed by atoms with E-state index in [2.05, 4.69) is 23.3 Å². The van der Waals surface area contributed by atoms with Crippen LogP contribution in [0.25, 0.3) is 16.6 Å². The number of methoxy groups -OCH3 is 1. The smallest absolute Gasteiger partial charge is 0.119 e. The summed E-state index contributed by atoms with van der Waals surface area (Å²) < 4.78 is 7.25.